The van der Waals surface area contributed by atoms with Crippen molar-refractivity contribution in [2.24, 2.45) is 0 Å². The zero-order chi connectivity index (χ0) is 14.8. The van der Waals surface area contributed by atoms with Crippen molar-refractivity contribution in [2.45, 2.75) is 5.92 Å². The average molecular weight is 298 g/mol. The molecule has 1 atom stereocenters. The van der Waals surface area contributed by atoms with Crippen molar-refractivity contribution < 1.29 is 22.5 Å². The molecule has 1 unspecified atom stereocenters. The standard InChI is InChI=1S/C14H10F3O2P/c15-14(16,17)20(19,12-9-5-2-6-10-12)13(18)11-7-3-1-4-8-11/h1-10H. The fourth-order valence-electron chi connectivity index (χ4n) is 1.78. The van der Waals surface area contributed by atoms with Crippen LogP contribution in [0, 0.1) is 0 Å². The van der Waals surface area contributed by atoms with Crippen LogP contribution in [0.1, 0.15) is 10.4 Å². The van der Waals surface area contributed by atoms with Gasteiger partial charge in [0.05, 0.1) is 0 Å². The first-order valence-corrected chi connectivity index (χ1v) is 7.40. The molecule has 0 N–H and O–H groups in total. The van der Waals surface area contributed by atoms with Gasteiger partial charge in [0.2, 0.25) is 5.52 Å². The van der Waals surface area contributed by atoms with E-state index in [2.05, 4.69) is 0 Å². The Morgan fingerprint density at radius 1 is 0.850 bits per heavy atom. The Morgan fingerprint density at radius 2 is 1.30 bits per heavy atom. The fourth-order valence-corrected chi connectivity index (χ4v) is 3.64. The van der Waals surface area contributed by atoms with Gasteiger partial charge in [-0.15, -0.1) is 0 Å². The molecule has 6 heteroatoms. The smallest absolute Gasteiger partial charge is 0.300 e. The Kier molecular flexibility index (Phi) is 3.82. The molecule has 0 saturated heterocycles. The first kappa shape index (κ1) is 14.5. The molecule has 0 bridgehead atoms. The first-order chi connectivity index (χ1) is 9.37. The lowest BCUT2D eigenvalue weighted by atomic mass is 10.2. The van der Waals surface area contributed by atoms with Crippen LogP contribution >= 0.6 is 7.14 Å². The normalized spacial score (nSPS) is 14.6. The highest BCUT2D eigenvalue weighted by Crippen LogP contribution is 2.61. The predicted molar refractivity (Wildman–Crippen MR) is 70.5 cm³/mol. The van der Waals surface area contributed by atoms with Gasteiger partial charge < -0.3 is 4.57 Å². The van der Waals surface area contributed by atoms with Crippen molar-refractivity contribution >= 4 is 18.0 Å². The zero-order valence-corrected chi connectivity index (χ0v) is 11.1. The molecule has 2 rings (SSSR count). The van der Waals surface area contributed by atoms with E-state index in [0.717, 1.165) is 12.1 Å². The summed E-state index contributed by atoms with van der Waals surface area (Å²) in [5.74, 6) is -5.11. The maximum Gasteiger partial charge on any atom is 0.451 e. The molecule has 0 saturated carbocycles. The second-order valence-electron chi connectivity index (χ2n) is 4.08. The van der Waals surface area contributed by atoms with Gasteiger partial charge in [-0.2, -0.15) is 13.2 Å². The number of halogens is 3. The molecule has 2 aromatic carbocycles. The number of benzene rings is 2. The summed E-state index contributed by atoms with van der Waals surface area (Å²) in [5.41, 5.74) is -1.60. The molecular formula is C14H10F3O2P. The maximum atomic E-state index is 13.2. The summed E-state index contributed by atoms with van der Waals surface area (Å²) in [5, 5.41) is -0.499. The lowest BCUT2D eigenvalue weighted by molar-refractivity contribution is -0.0442. The molecule has 0 aromatic heterocycles. The van der Waals surface area contributed by atoms with Gasteiger partial charge in [0.15, 0.2) is 0 Å². The maximum absolute atomic E-state index is 13.2. The van der Waals surface area contributed by atoms with E-state index in [0.29, 0.717) is 0 Å². The van der Waals surface area contributed by atoms with E-state index in [1.165, 1.54) is 42.5 Å². The molecule has 0 amide bonds. The Hall–Kier alpha value is -1.87. The van der Waals surface area contributed by atoms with E-state index < -0.39 is 23.9 Å². The molecule has 0 aliphatic heterocycles. The van der Waals surface area contributed by atoms with Crippen LogP contribution in [0.3, 0.4) is 0 Å². The first-order valence-electron chi connectivity index (χ1n) is 5.70. The summed E-state index contributed by atoms with van der Waals surface area (Å²) in [6.07, 6.45) is 0. The third-order valence-corrected chi connectivity index (χ3v) is 5.35. The topological polar surface area (TPSA) is 34.1 Å². The van der Waals surface area contributed by atoms with Crippen molar-refractivity contribution in [1.82, 2.24) is 0 Å². The van der Waals surface area contributed by atoms with E-state index in [1.807, 2.05) is 0 Å². The van der Waals surface area contributed by atoms with Crippen molar-refractivity contribution in [3.05, 3.63) is 66.2 Å². The molecule has 0 fully saturated rings. The largest absolute Gasteiger partial charge is 0.451 e. The third kappa shape index (κ3) is 2.41. The van der Waals surface area contributed by atoms with Crippen LogP contribution in [-0.2, 0) is 4.57 Å². The number of carbonyl (C=O) groups is 1. The van der Waals surface area contributed by atoms with Gasteiger partial charge in [-0.1, -0.05) is 60.7 Å². The number of carbonyl (C=O) groups excluding carboxylic acids is 1. The summed E-state index contributed by atoms with van der Waals surface area (Å²) in [6, 6.07) is 13.2. The monoisotopic (exact) mass is 298 g/mol. The van der Waals surface area contributed by atoms with E-state index in [-0.39, 0.29) is 5.56 Å². The predicted octanol–water partition coefficient (Wildman–Crippen LogP) is 4.04. The molecule has 0 spiro atoms. The van der Waals surface area contributed by atoms with Gasteiger partial charge in [0, 0.05) is 10.9 Å². The van der Waals surface area contributed by atoms with Crippen LogP contribution in [0.2, 0.25) is 0 Å². The molecule has 2 aromatic rings. The summed E-state index contributed by atoms with van der Waals surface area (Å²) in [4.78, 5) is 12.1. The average Bonchev–Trinajstić information content (AvgIpc) is 2.46. The van der Waals surface area contributed by atoms with Crippen molar-refractivity contribution in [3.8, 4) is 0 Å². The third-order valence-electron chi connectivity index (χ3n) is 2.78. The van der Waals surface area contributed by atoms with Gasteiger partial charge in [-0.25, -0.2) is 0 Å². The highest BCUT2D eigenvalue weighted by atomic mass is 31.2. The lowest BCUT2D eigenvalue weighted by Gasteiger charge is -2.20. The summed E-state index contributed by atoms with van der Waals surface area (Å²) >= 11 is 0. The van der Waals surface area contributed by atoms with E-state index in [1.54, 1.807) is 6.07 Å². The number of hydrogen-bond donors (Lipinski definition) is 0. The molecule has 0 radical (unpaired) electrons. The van der Waals surface area contributed by atoms with Crippen molar-refractivity contribution in [1.29, 1.82) is 0 Å². The molecular weight excluding hydrogens is 288 g/mol. The van der Waals surface area contributed by atoms with E-state index in [9.17, 15) is 22.5 Å². The molecule has 0 aliphatic carbocycles. The second-order valence-corrected chi connectivity index (χ2v) is 6.73. The van der Waals surface area contributed by atoms with E-state index in [4.69, 9.17) is 0 Å². The molecule has 20 heavy (non-hydrogen) atoms. The Balaban J connectivity index is 2.61. The van der Waals surface area contributed by atoms with Gasteiger partial charge in [0.25, 0.3) is 7.14 Å². The minimum Gasteiger partial charge on any atom is -0.300 e. The molecule has 2 nitrogen and oxygen atoms in total. The molecule has 0 aliphatic rings. The van der Waals surface area contributed by atoms with Crippen LogP contribution in [0.5, 0.6) is 0 Å². The number of hydrogen-bond acceptors (Lipinski definition) is 2. The summed E-state index contributed by atoms with van der Waals surface area (Å²) in [7, 11) is -5.21. The quantitative estimate of drug-likeness (QED) is 0.802. The Bertz CT molecular complexity index is 651. The van der Waals surface area contributed by atoms with Gasteiger partial charge in [-0.05, 0) is 0 Å². The van der Waals surface area contributed by atoms with Gasteiger partial charge >= 0.3 is 5.92 Å². The number of rotatable bonds is 3. The van der Waals surface area contributed by atoms with E-state index >= 15 is 0 Å². The number of alkyl halides is 3. The van der Waals surface area contributed by atoms with Crippen LogP contribution in [-0.4, -0.2) is 11.4 Å². The van der Waals surface area contributed by atoms with Crippen LogP contribution < -0.4 is 5.30 Å². The second kappa shape index (κ2) is 5.25. The summed E-state index contributed by atoms with van der Waals surface area (Å²) in [6.45, 7) is 0. The Morgan fingerprint density at radius 3 is 1.75 bits per heavy atom. The molecule has 104 valence electrons. The zero-order valence-electron chi connectivity index (χ0n) is 10.2. The van der Waals surface area contributed by atoms with Gasteiger partial charge in [0.1, 0.15) is 0 Å². The highest BCUT2D eigenvalue weighted by molar-refractivity contribution is 7.88. The fraction of sp³-hybridized carbons (Fsp3) is 0.0714. The van der Waals surface area contributed by atoms with Crippen LogP contribution in [0.4, 0.5) is 13.2 Å². The van der Waals surface area contributed by atoms with Crippen LogP contribution in [0.25, 0.3) is 0 Å². The Labute approximate surface area is 113 Å². The molecule has 0 heterocycles. The lowest BCUT2D eigenvalue weighted by Crippen LogP contribution is -2.25. The van der Waals surface area contributed by atoms with Crippen LogP contribution in [0.15, 0.2) is 60.7 Å². The minimum absolute atomic E-state index is 0.211. The van der Waals surface area contributed by atoms with Crippen molar-refractivity contribution in [2.75, 3.05) is 0 Å². The summed E-state index contributed by atoms with van der Waals surface area (Å²) < 4.78 is 52.2. The van der Waals surface area contributed by atoms with Crippen molar-refractivity contribution in [3.63, 3.8) is 0 Å². The highest BCUT2D eigenvalue weighted by Gasteiger charge is 2.57. The minimum atomic E-state index is -5.21. The SMILES string of the molecule is O=C(c1ccccc1)P(=O)(c1ccccc1)C(F)(F)F. The van der Waals surface area contributed by atoms with Gasteiger partial charge in [-0.3, -0.25) is 4.79 Å².